The molecule has 0 atom stereocenters. The van der Waals surface area contributed by atoms with Crippen LogP contribution in [-0.4, -0.2) is 17.2 Å². The summed E-state index contributed by atoms with van der Waals surface area (Å²) in [5, 5.41) is 0. The van der Waals surface area contributed by atoms with Crippen LogP contribution in [0.3, 0.4) is 0 Å². The molecule has 0 amide bonds. The molecule has 0 saturated heterocycles. The Balaban J connectivity index is 2.56. The van der Waals surface area contributed by atoms with E-state index in [0.29, 0.717) is 0 Å². The van der Waals surface area contributed by atoms with Gasteiger partial charge in [0.1, 0.15) is 0 Å². The van der Waals surface area contributed by atoms with E-state index >= 15 is 0 Å². The zero-order valence-corrected chi connectivity index (χ0v) is 6.54. The highest BCUT2D eigenvalue weighted by atomic mass is 14.8. The smallest absolute Gasteiger partial charge is 0.0512 e. The molecule has 1 aliphatic rings. The van der Waals surface area contributed by atoms with Crippen LogP contribution < -0.4 is 0 Å². The van der Waals surface area contributed by atoms with Gasteiger partial charge in [0, 0.05) is 30.4 Å². The number of aromatic nitrogens is 1. The van der Waals surface area contributed by atoms with Crippen LogP contribution in [0.25, 0.3) is 0 Å². The Hall–Kier alpha value is -1.18. The molecule has 0 bridgehead atoms. The van der Waals surface area contributed by atoms with Gasteiger partial charge in [-0.25, -0.2) is 0 Å². The van der Waals surface area contributed by atoms with Crippen molar-refractivity contribution in [2.45, 2.75) is 13.3 Å². The average molecular weight is 146 g/mol. The molecule has 2 heteroatoms. The summed E-state index contributed by atoms with van der Waals surface area (Å²) in [6.45, 7) is 2.94. The summed E-state index contributed by atoms with van der Waals surface area (Å²) in [6, 6.07) is 4.05. The zero-order valence-electron chi connectivity index (χ0n) is 6.54. The molecule has 0 saturated carbocycles. The normalized spacial score (nSPS) is 15.5. The van der Waals surface area contributed by atoms with Crippen LogP contribution in [0.5, 0.6) is 0 Å². The van der Waals surface area contributed by atoms with Crippen LogP contribution in [0, 0.1) is 0 Å². The summed E-state index contributed by atoms with van der Waals surface area (Å²) < 4.78 is 0. The SMILES string of the molecule is CC1=NCCc2ncccc21. The van der Waals surface area contributed by atoms with Gasteiger partial charge in [-0.1, -0.05) is 0 Å². The third-order valence-electron chi connectivity index (χ3n) is 1.98. The quantitative estimate of drug-likeness (QED) is 0.543. The van der Waals surface area contributed by atoms with Crippen LogP contribution in [0.1, 0.15) is 18.2 Å². The van der Waals surface area contributed by atoms with Crippen LogP contribution in [-0.2, 0) is 6.42 Å². The molecule has 1 aliphatic heterocycles. The molecule has 0 aromatic carbocycles. The first-order valence-electron chi connectivity index (χ1n) is 3.83. The Kier molecular flexibility index (Phi) is 1.46. The van der Waals surface area contributed by atoms with E-state index in [1.165, 1.54) is 11.3 Å². The van der Waals surface area contributed by atoms with Gasteiger partial charge in [-0.05, 0) is 19.1 Å². The molecule has 0 aliphatic carbocycles. The molecule has 0 spiro atoms. The molecule has 11 heavy (non-hydrogen) atoms. The minimum atomic E-state index is 0.899. The molecule has 1 aromatic rings. The number of pyridine rings is 1. The highest BCUT2D eigenvalue weighted by molar-refractivity contribution is 6.00. The van der Waals surface area contributed by atoms with Crippen LogP contribution >= 0.6 is 0 Å². The fraction of sp³-hybridized carbons (Fsp3) is 0.333. The maximum Gasteiger partial charge on any atom is 0.0512 e. The summed E-state index contributed by atoms with van der Waals surface area (Å²) in [5.74, 6) is 0. The summed E-state index contributed by atoms with van der Waals surface area (Å²) in [7, 11) is 0. The Morgan fingerprint density at radius 3 is 3.18 bits per heavy atom. The summed E-state index contributed by atoms with van der Waals surface area (Å²) in [5.41, 5.74) is 3.54. The first kappa shape index (κ1) is 6.53. The minimum Gasteiger partial charge on any atom is -0.289 e. The van der Waals surface area contributed by atoms with Crippen molar-refractivity contribution >= 4 is 5.71 Å². The highest BCUT2D eigenvalue weighted by Gasteiger charge is 2.09. The van der Waals surface area contributed by atoms with Crippen LogP contribution in [0.15, 0.2) is 23.3 Å². The molecule has 0 N–H and O–H groups in total. The predicted octanol–water partition coefficient (Wildman–Crippen LogP) is 1.45. The van der Waals surface area contributed by atoms with E-state index in [0.717, 1.165) is 18.7 Å². The van der Waals surface area contributed by atoms with Gasteiger partial charge in [0.15, 0.2) is 0 Å². The fourth-order valence-corrected chi connectivity index (χ4v) is 1.38. The van der Waals surface area contributed by atoms with E-state index in [1.807, 2.05) is 19.2 Å². The van der Waals surface area contributed by atoms with Gasteiger partial charge in [-0.2, -0.15) is 0 Å². The third kappa shape index (κ3) is 1.04. The van der Waals surface area contributed by atoms with Gasteiger partial charge >= 0.3 is 0 Å². The highest BCUT2D eigenvalue weighted by Crippen LogP contribution is 2.12. The summed E-state index contributed by atoms with van der Waals surface area (Å²) in [6.07, 6.45) is 2.84. The number of rotatable bonds is 0. The second-order valence-electron chi connectivity index (χ2n) is 2.71. The van der Waals surface area contributed by atoms with Crippen molar-refractivity contribution in [3.05, 3.63) is 29.6 Å². The molecular formula is C9H10N2. The van der Waals surface area contributed by atoms with Gasteiger partial charge in [-0.15, -0.1) is 0 Å². The monoisotopic (exact) mass is 146 g/mol. The van der Waals surface area contributed by atoms with Crippen molar-refractivity contribution in [3.8, 4) is 0 Å². The van der Waals surface area contributed by atoms with Crippen molar-refractivity contribution in [2.24, 2.45) is 4.99 Å². The zero-order chi connectivity index (χ0) is 7.68. The van der Waals surface area contributed by atoms with E-state index in [2.05, 4.69) is 16.0 Å². The van der Waals surface area contributed by atoms with E-state index in [-0.39, 0.29) is 0 Å². The minimum absolute atomic E-state index is 0.899. The topological polar surface area (TPSA) is 25.2 Å². The second kappa shape index (κ2) is 2.46. The fourth-order valence-electron chi connectivity index (χ4n) is 1.38. The van der Waals surface area contributed by atoms with Crippen molar-refractivity contribution < 1.29 is 0 Å². The lowest BCUT2D eigenvalue weighted by Gasteiger charge is -2.11. The van der Waals surface area contributed by atoms with Crippen molar-refractivity contribution in [1.82, 2.24) is 4.98 Å². The van der Waals surface area contributed by atoms with Crippen molar-refractivity contribution in [2.75, 3.05) is 6.54 Å². The Bertz CT molecular complexity index is 302. The van der Waals surface area contributed by atoms with Crippen LogP contribution in [0.4, 0.5) is 0 Å². The first-order chi connectivity index (χ1) is 5.38. The molecule has 0 fully saturated rings. The van der Waals surface area contributed by atoms with Gasteiger partial charge in [0.2, 0.25) is 0 Å². The molecule has 2 heterocycles. The molecular weight excluding hydrogens is 136 g/mol. The molecule has 2 rings (SSSR count). The number of nitrogens with zero attached hydrogens (tertiary/aromatic N) is 2. The molecule has 0 unspecified atom stereocenters. The van der Waals surface area contributed by atoms with Gasteiger partial charge < -0.3 is 0 Å². The number of hydrogen-bond donors (Lipinski definition) is 0. The van der Waals surface area contributed by atoms with Gasteiger partial charge in [-0.3, -0.25) is 9.98 Å². The lowest BCUT2D eigenvalue weighted by atomic mass is 10.0. The van der Waals surface area contributed by atoms with Gasteiger partial charge in [0.25, 0.3) is 0 Å². The summed E-state index contributed by atoms with van der Waals surface area (Å²) in [4.78, 5) is 8.64. The number of aliphatic imine (C=N–C) groups is 1. The molecule has 2 nitrogen and oxygen atoms in total. The molecule has 56 valence electrons. The Labute approximate surface area is 66.0 Å². The lowest BCUT2D eigenvalue weighted by Crippen LogP contribution is -2.10. The Morgan fingerprint density at radius 1 is 1.45 bits per heavy atom. The second-order valence-corrected chi connectivity index (χ2v) is 2.71. The van der Waals surface area contributed by atoms with E-state index in [9.17, 15) is 0 Å². The van der Waals surface area contributed by atoms with Crippen molar-refractivity contribution in [3.63, 3.8) is 0 Å². The van der Waals surface area contributed by atoms with Crippen molar-refractivity contribution in [1.29, 1.82) is 0 Å². The first-order valence-corrected chi connectivity index (χ1v) is 3.83. The average Bonchev–Trinajstić information content (AvgIpc) is 2.06. The predicted molar refractivity (Wildman–Crippen MR) is 45.0 cm³/mol. The number of fused-ring (bicyclic) bond motifs is 1. The molecule has 1 aromatic heterocycles. The van der Waals surface area contributed by atoms with E-state index < -0.39 is 0 Å². The van der Waals surface area contributed by atoms with Crippen LogP contribution in [0.2, 0.25) is 0 Å². The standard InChI is InChI=1S/C9H10N2/c1-7-8-3-2-5-11-9(8)4-6-10-7/h2-3,5H,4,6H2,1H3. The lowest BCUT2D eigenvalue weighted by molar-refractivity contribution is 0.897. The maximum atomic E-state index is 4.35. The number of hydrogen-bond acceptors (Lipinski definition) is 2. The maximum absolute atomic E-state index is 4.35. The van der Waals surface area contributed by atoms with Gasteiger partial charge in [0.05, 0.1) is 5.69 Å². The Morgan fingerprint density at radius 2 is 2.36 bits per heavy atom. The summed E-state index contributed by atoms with van der Waals surface area (Å²) >= 11 is 0. The third-order valence-corrected chi connectivity index (χ3v) is 1.98. The van der Waals surface area contributed by atoms with E-state index in [1.54, 1.807) is 0 Å². The van der Waals surface area contributed by atoms with E-state index in [4.69, 9.17) is 0 Å². The molecule has 0 radical (unpaired) electrons. The largest absolute Gasteiger partial charge is 0.289 e.